The van der Waals surface area contributed by atoms with Crippen LogP contribution in [0.3, 0.4) is 0 Å². The Morgan fingerprint density at radius 2 is 1.92 bits per heavy atom. The van der Waals surface area contributed by atoms with Gasteiger partial charge in [-0.15, -0.1) is 24.0 Å². The van der Waals surface area contributed by atoms with Crippen LogP contribution in [0.4, 0.5) is 5.69 Å². The first kappa shape index (κ1) is 21.2. The van der Waals surface area contributed by atoms with Crippen molar-refractivity contribution in [3.8, 4) is 0 Å². The predicted molar refractivity (Wildman–Crippen MR) is 116 cm³/mol. The average molecular weight is 444 g/mol. The van der Waals surface area contributed by atoms with Crippen LogP contribution in [0.15, 0.2) is 23.2 Å². The van der Waals surface area contributed by atoms with E-state index in [-0.39, 0.29) is 24.0 Å². The summed E-state index contributed by atoms with van der Waals surface area (Å²) >= 11 is 0. The number of anilines is 1. The van der Waals surface area contributed by atoms with Crippen LogP contribution in [0.2, 0.25) is 0 Å². The van der Waals surface area contributed by atoms with Gasteiger partial charge in [0.2, 0.25) is 0 Å². The number of likely N-dealkylation sites (tertiary alicyclic amines) is 1. The molecule has 1 fully saturated rings. The lowest BCUT2D eigenvalue weighted by atomic mass is 10.0. The van der Waals surface area contributed by atoms with Gasteiger partial charge in [0.05, 0.1) is 0 Å². The van der Waals surface area contributed by atoms with Gasteiger partial charge in [-0.05, 0) is 55.8 Å². The van der Waals surface area contributed by atoms with Gasteiger partial charge in [-0.2, -0.15) is 0 Å². The summed E-state index contributed by atoms with van der Waals surface area (Å²) in [4.78, 5) is 7.14. The van der Waals surface area contributed by atoms with E-state index >= 15 is 0 Å². The number of nitrogens with zero attached hydrogens (tertiary/aromatic N) is 2. The zero-order chi connectivity index (χ0) is 16.7. The minimum Gasteiger partial charge on any atom is -0.370 e. The molecule has 0 aliphatic carbocycles. The quantitative estimate of drug-likeness (QED) is 0.381. The highest BCUT2D eigenvalue weighted by atomic mass is 127. The first-order chi connectivity index (χ1) is 11.2. The summed E-state index contributed by atoms with van der Waals surface area (Å²) in [7, 11) is 0. The second kappa shape index (κ2) is 10.9. The van der Waals surface area contributed by atoms with E-state index in [1.54, 1.807) is 0 Å². The number of aryl methyl sites for hydroxylation is 2. The van der Waals surface area contributed by atoms with E-state index < -0.39 is 0 Å². The first-order valence-electron chi connectivity index (χ1n) is 9.07. The molecule has 0 saturated carbocycles. The van der Waals surface area contributed by atoms with Crippen LogP contribution in [0.5, 0.6) is 0 Å². The van der Waals surface area contributed by atoms with Crippen molar-refractivity contribution in [1.29, 1.82) is 0 Å². The Bertz CT molecular complexity index is 508. The molecule has 0 bridgehead atoms. The molecule has 1 aliphatic heterocycles. The fourth-order valence-electron chi connectivity index (χ4n) is 3.38. The third-order valence-corrected chi connectivity index (χ3v) is 4.68. The topological polar surface area (TPSA) is 53.6 Å². The van der Waals surface area contributed by atoms with Crippen LogP contribution < -0.4 is 11.1 Å². The predicted octanol–water partition coefficient (Wildman–Crippen LogP) is 3.89. The molecule has 1 heterocycles. The maximum atomic E-state index is 6.15. The second-order valence-electron chi connectivity index (χ2n) is 6.46. The number of para-hydroxylation sites is 1. The van der Waals surface area contributed by atoms with E-state index in [0.29, 0.717) is 11.9 Å². The van der Waals surface area contributed by atoms with Crippen molar-refractivity contribution >= 4 is 35.6 Å². The van der Waals surface area contributed by atoms with Crippen LogP contribution >= 0.6 is 24.0 Å². The van der Waals surface area contributed by atoms with Crippen molar-refractivity contribution in [3.05, 3.63) is 29.3 Å². The highest BCUT2D eigenvalue weighted by Gasteiger charge is 2.21. The van der Waals surface area contributed by atoms with Gasteiger partial charge in [-0.3, -0.25) is 4.99 Å². The number of hydrogen-bond donors (Lipinski definition) is 2. The Hall–Kier alpha value is -0.820. The lowest BCUT2D eigenvalue weighted by Crippen LogP contribution is -2.26. The smallest absolute Gasteiger partial charge is 0.193 e. The van der Waals surface area contributed by atoms with Crippen molar-refractivity contribution in [2.45, 2.75) is 46.5 Å². The highest BCUT2D eigenvalue weighted by Crippen LogP contribution is 2.22. The molecule has 136 valence electrons. The maximum Gasteiger partial charge on any atom is 0.193 e. The average Bonchev–Trinajstić information content (AvgIpc) is 3.01. The highest BCUT2D eigenvalue weighted by molar-refractivity contribution is 14.0. The summed E-state index contributed by atoms with van der Waals surface area (Å²) in [6, 6.07) is 6.44. The summed E-state index contributed by atoms with van der Waals surface area (Å²) in [5.41, 5.74) is 9.91. The summed E-state index contributed by atoms with van der Waals surface area (Å²) in [5, 5.41) is 3.36. The summed E-state index contributed by atoms with van der Waals surface area (Å²) in [6.45, 7) is 11.0. The fraction of sp³-hybridized carbons (Fsp3) is 0.632. The van der Waals surface area contributed by atoms with Crippen molar-refractivity contribution < 1.29 is 0 Å². The number of benzene rings is 1. The van der Waals surface area contributed by atoms with Gasteiger partial charge in [0.1, 0.15) is 0 Å². The molecule has 24 heavy (non-hydrogen) atoms. The lowest BCUT2D eigenvalue weighted by molar-refractivity contribution is 0.326. The molecule has 4 nitrogen and oxygen atoms in total. The molecule has 1 atom stereocenters. The molecule has 1 aliphatic rings. The van der Waals surface area contributed by atoms with Crippen LogP contribution in [-0.4, -0.2) is 37.0 Å². The second-order valence-corrected chi connectivity index (χ2v) is 6.46. The monoisotopic (exact) mass is 444 g/mol. The van der Waals surface area contributed by atoms with Crippen LogP contribution in [0, 0.1) is 5.92 Å². The van der Waals surface area contributed by atoms with Crippen LogP contribution in [-0.2, 0) is 12.8 Å². The number of nitrogens with two attached hydrogens (primary N) is 1. The normalized spacial score (nSPS) is 18.5. The molecule has 2 rings (SSSR count). The maximum absolute atomic E-state index is 6.15. The lowest BCUT2D eigenvalue weighted by Gasteiger charge is -2.16. The van der Waals surface area contributed by atoms with E-state index in [4.69, 9.17) is 5.73 Å². The molecule has 5 heteroatoms. The summed E-state index contributed by atoms with van der Waals surface area (Å²) in [6.07, 6.45) is 4.46. The number of halogens is 1. The number of hydrogen-bond acceptors (Lipinski definition) is 2. The third kappa shape index (κ3) is 5.92. The van der Waals surface area contributed by atoms with E-state index in [9.17, 15) is 0 Å². The number of rotatable bonds is 7. The van der Waals surface area contributed by atoms with E-state index in [1.165, 1.54) is 37.1 Å². The van der Waals surface area contributed by atoms with E-state index in [2.05, 4.69) is 54.2 Å². The van der Waals surface area contributed by atoms with E-state index in [0.717, 1.165) is 31.6 Å². The Kier molecular flexibility index (Phi) is 9.66. The van der Waals surface area contributed by atoms with Gasteiger partial charge in [0.15, 0.2) is 5.96 Å². The Morgan fingerprint density at radius 1 is 1.25 bits per heavy atom. The zero-order valence-corrected chi connectivity index (χ0v) is 17.7. The molecule has 0 amide bonds. The van der Waals surface area contributed by atoms with Crippen molar-refractivity contribution in [1.82, 2.24) is 4.90 Å². The SMILES string of the molecule is CCCN1CCC(CN=C(N)Nc2c(CC)cccc2CC)C1.I. The fourth-order valence-corrected chi connectivity index (χ4v) is 3.38. The molecule has 1 aromatic rings. The third-order valence-electron chi connectivity index (χ3n) is 4.68. The van der Waals surface area contributed by atoms with Crippen molar-refractivity contribution in [2.24, 2.45) is 16.6 Å². The Morgan fingerprint density at radius 3 is 2.50 bits per heavy atom. The number of aliphatic imine (C=N–C) groups is 1. The standard InChI is InChI=1S/C19H32N4.HI/c1-4-11-23-12-10-15(14-23)13-21-19(20)22-18-16(5-2)8-7-9-17(18)6-3;/h7-9,15H,4-6,10-14H2,1-3H3,(H3,20,21,22);1H. The van der Waals surface area contributed by atoms with Gasteiger partial charge >= 0.3 is 0 Å². The molecule has 0 spiro atoms. The molecule has 0 aromatic heterocycles. The van der Waals surface area contributed by atoms with Crippen LogP contribution in [0.1, 0.15) is 44.7 Å². The molecule has 1 saturated heterocycles. The molecular formula is C19H33IN4. The van der Waals surface area contributed by atoms with Crippen molar-refractivity contribution in [2.75, 3.05) is 31.5 Å². The zero-order valence-electron chi connectivity index (χ0n) is 15.3. The molecule has 3 N–H and O–H groups in total. The van der Waals surface area contributed by atoms with Gasteiger partial charge in [0, 0.05) is 18.8 Å². The molecular weight excluding hydrogens is 411 g/mol. The Balaban J connectivity index is 0.00000288. The minimum absolute atomic E-state index is 0. The minimum atomic E-state index is 0. The summed E-state index contributed by atoms with van der Waals surface area (Å²) < 4.78 is 0. The molecule has 0 radical (unpaired) electrons. The van der Waals surface area contributed by atoms with E-state index in [1.807, 2.05) is 0 Å². The van der Waals surface area contributed by atoms with Gasteiger partial charge in [-0.1, -0.05) is 39.0 Å². The van der Waals surface area contributed by atoms with Gasteiger partial charge in [-0.25, -0.2) is 0 Å². The summed E-state index contributed by atoms with van der Waals surface area (Å²) in [5.74, 6) is 1.20. The van der Waals surface area contributed by atoms with Gasteiger partial charge < -0.3 is 16.0 Å². The van der Waals surface area contributed by atoms with Crippen LogP contribution in [0.25, 0.3) is 0 Å². The van der Waals surface area contributed by atoms with Gasteiger partial charge in [0.25, 0.3) is 0 Å². The first-order valence-corrected chi connectivity index (χ1v) is 9.07. The largest absolute Gasteiger partial charge is 0.370 e. The molecule has 1 unspecified atom stereocenters. The number of guanidine groups is 1. The van der Waals surface area contributed by atoms with Crippen molar-refractivity contribution in [3.63, 3.8) is 0 Å². The number of nitrogens with one attached hydrogen (secondary N) is 1. The molecule has 1 aromatic carbocycles. The Labute approximate surface area is 164 Å².